The third-order valence-electron chi connectivity index (χ3n) is 3.11. The Bertz CT molecular complexity index is 411. The van der Waals surface area contributed by atoms with Gasteiger partial charge in [0.05, 0.1) is 11.9 Å². The molecule has 0 radical (unpaired) electrons. The van der Waals surface area contributed by atoms with Crippen LogP contribution in [0.2, 0.25) is 0 Å². The number of rotatable bonds is 8. The van der Waals surface area contributed by atoms with Gasteiger partial charge in [-0.15, -0.1) is 0 Å². The van der Waals surface area contributed by atoms with Crippen molar-refractivity contribution in [1.29, 1.82) is 0 Å². The van der Waals surface area contributed by atoms with Gasteiger partial charge >= 0.3 is 0 Å². The zero-order chi connectivity index (χ0) is 15.9. The molecular formula is C16H31N5. The zero-order valence-electron chi connectivity index (χ0n) is 14.5. The normalized spacial score (nSPS) is 12.0. The fourth-order valence-corrected chi connectivity index (χ4v) is 1.92. The maximum absolute atomic E-state index is 4.76. The second-order valence-electron chi connectivity index (χ2n) is 6.76. The van der Waals surface area contributed by atoms with Gasteiger partial charge in [-0.2, -0.15) is 0 Å². The molecule has 0 unspecified atom stereocenters. The van der Waals surface area contributed by atoms with E-state index in [9.17, 15) is 0 Å². The molecule has 0 saturated heterocycles. The topological polar surface area (TPSA) is 44.3 Å². The molecule has 1 aromatic heterocycles. The molecular weight excluding hydrogens is 262 g/mol. The Hall–Kier alpha value is -1.20. The van der Waals surface area contributed by atoms with Crippen LogP contribution < -0.4 is 10.2 Å². The molecule has 1 heterocycles. The van der Waals surface area contributed by atoms with Crippen molar-refractivity contribution in [3.05, 3.63) is 18.1 Å². The van der Waals surface area contributed by atoms with Gasteiger partial charge in [0.15, 0.2) is 0 Å². The van der Waals surface area contributed by atoms with E-state index in [0.717, 1.165) is 44.1 Å². The summed E-state index contributed by atoms with van der Waals surface area (Å²) >= 11 is 0. The highest BCUT2D eigenvalue weighted by atomic mass is 15.2. The summed E-state index contributed by atoms with van der Waals surface area (Å²) in [4.78, 5) is 13.6. The molecule has 5 nitrogen and oxygen atoms in total. The van der Waals surface area contributed by atoms with E-state index in [1.807, 2.05) is 12.4 Å². The standard InChI is InChI=1S/C16H31N5/c1-7-8-21(10-9-20(5)6)15-13-17-11-14(19-15)12-18-16(2,3)4/h11,13,18H,7-10,12H2,1-6H3. The minimum Gasteiger partial charge on any atom is -0.354 e. The molecule has 0 bridgehead atoms. The number of hydrogen-bond donors (Lipinski definition) is 1. The summed E-state index contributed by atoms with van der Waals surface area (Å²) in [6.07, 6.45) is 4.82. The molecule has 0 amide bonds. The van der Waals surface area contributed by atoms with Crippen LogP contribution in [0.3, 0.4) is 0 Å². The number of likely N-dealkylation sites (N-methyl/N-ethyl adjacent to an activating group) is 1. The summed E-state index contributed by atoms with van der Waals surface area (Å²) in [5.74, 6) is 0.979. The Morgan fingerprint density at radius 2 is 1.81 bits per heavy atom. The van der Waals surface area contributed by atoms with Crippen molar-refractivity contribution >= 4 is 5.82 Å². The lowest BCUT2D eigenvalue weighted by molar-refractivity contribution is 0.411. The smallest absolute Gasteiger partial charge is 0.147 e. The minimum absolute atomic E-state index is 0.0890. The van der Waals surface area contributed by atoms with Gasteiger partial charge in [-0.05, 0) is 41.3 Å². The summed E-state index contributed by atoms with van der Waals surface area (Å²) in [7, 11) is 4.19. The molecule has 0 aliphatic carbocycles. The predicted molar refractivity (Wildman–Crippen MR) is 89.7 cm³/mol. The van der Waals surface area contributed by atoms with Crippen LogP contribution in [-0.4, -0.2) is 54.1 Å². The van der Waals surface area contributed by atoms with Crippen LogP contribution in [0.15, 0.2) is 12.4 Å². The van der Waals surface area contributed by atoms with Gasteiger partial charge in [-0.3, -0.25) is 4.98 Å². The van der Waals surface area contributed by atoms with E-state index < -0.39 is 0 Å². The van der Waals surface area contributed by atoms with Crippen LogP contribution in [0, 0.1) is 0 Å². The molecule has 0 aliphatic rings. The van der Waals surface area contributed by atoms with Gasteiger partial charge < -0.3 is 15.1 Å². The highest BCUT2D eigenvalue weighted by Gasteiger charge is 2.11. The molecule has 0 spiro atoms. The largest absolute Gasteiger partial charge is 0.354 e. The summed E-state index contributed by atoms with van der Waals surface area (Å²) in [5.41, 5.74) is 1.08. The SMILES string of the molecule is CCCN(CCN(C)C)c1cncc(CNC(C)(C)C)n1. The second-order valence-corrected chi connectivity index (χ2v) is 6.76. The maximum atomic E-state index is 4.76. The molecule has 5 heteroatoms. The summed E-state index contributed by atoms with van der Waals surface area (Å²) in [6, 6.07) is 0. The molecule has 0 saturated carbocycles. The summed E-state index contributed by atoms with van der Waals surface area (Å²) in [5, 5.41) is 3.46. The number of anilines is 1. The quantitative estimate of drug-likeness (QED) is 0.795. The molecule has 1 N–H and O–H groups in total. The van der Waals surface area contributed by atoms with Crippen LogP contribution in [-0.2, 0) is 6.54 Å². The second kappa shape index (κ2) is 8.29. The molecule has 0 aliphatic heterocycles. The van der Waals surface area contributed by atoms with Crippen LogP contribution in [0.25, 0.3) is 0 Å². The van der Waals surface area contributed by atoms with Crippen molar-refractivity contribution < 1.29 is 0 Å². The average Bonchev–Trinajstić information content (AvgIpc) is 2.40. The predicted octanol–water partition coefficient (Wildman–Crippen LogP) is 2.14. The van der Waals surface area contributed by atoms with Crippen molar-refractivity contribution in [3.63, 3.8) is 0 Å². The number of nitrogens with zero attached hydrogens (tertiary/aromatic N) is 4. The Morgan fingerprint density at radius 1 is 1.10 bits per heavy atom. The van der Waals surface area contributed by atoms with E-state index in [1.165, 1.54) is 0 Å². The molecule has 0 aromatic carbocycles. The van der Waals surface area contributed by atoms with E-state index in [1.54, 1.807) is 0 Å². The highest BCUT2D eigenvalue weighted by Crippen LogP contribution is 2.11. The number of hydrogen-bond acceptors (Lipinski definition) is 5. The monoisotopic (exact) mass is 293 g/mol. The molecule has 1 rings (SSSR count). The van der Waals surface area contributed by atoms with E-state index in [-0.39, 0.29) is 5.54 Å². The summed E-state index contributed by atoms with van der Waals surface area (Å²) in [6.45, 7) is 12.4. The van der Waals surface area contributed by atoms with Gasteiger partial charge in [-0.1, -0.05) is 6.92 Å². The number of nitrogens with one attached hydrogen (secondary N) is 1. The minimum atomic E-state index is 0.0890. The highest BCUT2D eigenvalue weighted by molar-refractivity contribution is 5.36. The number of aromatic nitrogens is 2. The first-order chi connectivity index (χ1) is 9.81. The van der Waals surface area contributed by atoms with Crippen LogP contribution >= 0.6 is 0 Å². The Morgan fingerprint density at radius 3 is 2.38 bits per heavy atom. The molecule has 1 aromatic rings. The lowest BCUT2D eigenvalue weighted by Gasteiger charge is -2.25. The first-order valence-corrected chi connectivity index (χ1v) is 7.77. The van der Waals surface area contributed by atoms with E-state index in [4.69, 9.17) is 4.98 Å². The zero-order valence-corrected chi connectivity index (χ0v) is 14.5. The maximum Gasteiger partial charge on any atom is 0.147 e. The Labute approximate surface area is 129 Å². The van der Waals surface area contributed by atoms with Crippen molar-refractivity contribution in [2.75, 3.05) is 38.6 Å². The van der Waals surface area contributed by atoms with Crippen molar-refractivity contribution in [1.82, 2.24) is 20.2 Å². The fraction of sp³-hybridized carbons (Fsp3) is 0.750. The first-order valence-electron chi connectivity index (χ1n) is 7.77. The third kappa shape index (κ3) is 7.39. The van der Waals surface area contributed by atoms with E-state index >= 15 is 0 Å². The van der Waals surface area contributed by atoms with Crippen LogP contribution in [0.1, 0.15) is 39.8 Å². The van der Waals surface area contributed by atoms with E-state index in [2.05, 4.69) is 61.9 Å². The van der Waals surface area contributed by atoms with Gasteiger partial charge in [0.1, 0.15) is 5.82 Å². The van der Waals surface area contributed by atoms with Crippen molar-refractivity contribution in [2.45, 2.75) is 46.2 Å². The molecule has 21 heavy (non-hydrogen) atoms. The van der Waals surface area contributed by atoms with Crippen LogP contribution in [0.5, 0.6) is 0 Å². The lowest BCUT2D eigenvalue weighted by Crippen LogP contribution is -2.36. The molecule has 0 atom stereocenters. The van der Waals surface area contributed by atoms with Gasteiger partial charge in [0, 0.05) is 37.9 Å². The fourth-order valence-electron chi connectivity index (χ4n) is 1.92. The Kier molecular flexibility index (Phi) is 7.05. The molecule has 0 fully saturated rings. The summed E-state index contributed by atoms with van der Waals surface area (Å²) < 4.78 is 0. The molecule has 120 valence electrons. The Balaban J connectivity index is 2.74. The van der Waals surface area contributed by atoms with Crippen molar-refractivity contribution in [2.24, 2.45) is 0 Å². The van der Waals surface area contributed by atoms with Gasteiger partial charge in [-0.25, -0.2) is 4.98 Å². The average molecular weight is 293 g/mol. The van der Waals surface area contributed by atoms with E-state index in [0.29, 0.717) is 0 Å². The lowest BCUT2D eigenvalue weighted by atomic mass is 10.1. The van der Waals surface area contributed by atoms with Gasteiger partial charge in [0.25, 0.3) is 0 Å². The van der Waals surface area contributed by atoms with Crippen molar-refractivity contribution in [3.8, 4) is 0 Å². The van der Waals surface area contributed by atoms with Crippen LogP contribution in [0.4, 0.5) is 5.82 Å². The first kappa shape index (κ1) is 17.9. The third-order valence-corrected chi connectivity index (χ3v) is 3.11. The van der Waals surface area contributed by atoms with Gasteiger partial charge in [0.2, 0.25) is 0 Å².